The van der Waals surface area contributed by atoms with Crippen molar-refractivity contribution in [3.63, 3.8) is 0 Å². The van der Waals surface area contributed by atoms with Crippen molar-refractivity contribution in [1.29, 1.82) is 0 Å². The Kier molecular flexibility index (Phi) is 1.25. The summed E-state index contributed by atoms with van der Waals surface area (Å²) in [6, 6.07) is 9.55. The molecule has 1 N–H and O–H groups in total. The van der Waals surface area contributed by atoms with Gasteiger partial charge in [0.05, 0.1) is 0 Å². The Morgan fingerprint density at radius 2 is 2.09 bits per heavy atom. The third-order valence-corrected chi connectivity index (χ3v) is 1.81. The van der Waals surface area contributed by atoms with E-state index in [2.05, 4.69) is 43.1 Å². The summed E-state index contributed by atoms with van der Waals surface area (Å²) < 4.78 is 0. The van der Waals surface area contributed by atoms with Crippen LogP contribution in [-0.2, 0) is 0 Å². The highest BCUT2D eigenvalue weighted by atomic mass is 14.7. The van der Waals surface area contributed by atoms with Gasteiger partial charge in [-0.05, 0) is 37.6 Å². The van der Waals surface area contributed by atoms with Gasteiger partial charge in [0.25, 0.3) is 0 Å². The molecule has 55 valence electrons. The standard InChI is InChI=1S/C10H10N/c1-7-3-4-10-9(5-7)6-8(2)11-10/h3-4,6,11H,1-2H3. The number of hydrogen-bond donors (Lipinski definition) is 1. The van der Waals surface area contributed by atoms with Crippen LogP contribution >= 0.6 is 0 Å². The van der Waals surface area contributed by atoms with Gasteiger partial charge in [-0.1, -0.05) is 6.07 Å². The number of hydrogen-bond acceptors (Lipinski definition) is 0. The van der Waals surface area contributed by atoms with E-state index in [0.29, 0.717) is 0 Å². The van der Waals surface area contributed by atoms with Crippen molar-refractivity contribution in [1.82, 2.24) is 4.98 Å². The molecule has 2 rings (SSSR count). The molecule has 2 aromatic rings. The second-order valence-corrected chi connectivity index (χ2v) is 2.92. The summed E-state index contributed by atoms with van der Waals surface area (Å²) in [7, 11) is 0. The summed E-state index contributed by atoms with van der Waals surface area (Å²) in [6.45, 7) is 4.12. The molecule has 0 unspecified atom stereocenters. The number of benzene rings is 1. The van der Waals surface area contributed by atoms with Gasteiger partial charge in [0, 0.05) is 16.6 Å². The summed E-state index contributed by atoms with van der Waals surface area (Å²) in [6.07, 6.45) is 0. The van der Waals surface area contributed by atoms with Gasteiger partial charge < -0.3 is 4.98 Å². The normalized spacial score (nSPS) is 10.7. The zero-order valence-corrected chi connectivity index (χ0v) is 6.73. The summed E-state index contributed by atoms with van der Waals surface area (Å²) in [5.41, 5.74) is 3.56. The molecule has 0 saturated carbocycles. The minimum Gasteiger partial charge on any atom is -0.359 e. The van der Waals surface area contributed by atoms with Crippen molar-refractivity contribution in [3.8, 4) is 0 Å². The number of H-pyrrole nitrogens is 1. The van der Waals surface area contributed by atoms with E-state index >= 15 is 0 Å². The van der Waals surface area contributed by atoms with Crippen LogP contribution in [0.4, 0.5) is 0 Å². The van der Waals surface area contributed by atoms with Gasteiger partial charge in [0.15, 0.2) is 0 Å². The predicted molar refractivity (Wildman–Crippen MR) is 46.6 cm³/mol. The maximum absolute atomic E-state index is 3.28. The smallest absolute Gasteiger partial charge is 0.0462 e. The first-order chi connectivity index (χ1) is 5.25. The van der Waals surface area contributed by atoms with Gasteiger partial charge in [-0.15, -0.1) is 0 Å². The molecule has 0 atom stereocenters. The lowest BCUT2D eigenvalue weighted by Gasteiger charge is -1.89. The van der Waals surface area contributed by atoms with Crippen LogP contribution in [0.5, 0.6) is 0 Å². The fourth-order valence-electron chi connectivity index (χ4n) is 1.31. The van der Waals surface area contributed by atoms with Crippen molar-refractivity contribution >= 4 is 10.9 Å². The molecule has 1 radical (unpaired) electrons. The Morgan fingerprint density at radius 3 is 2.91 bits per heavy atom. The molecule has 11 heavy (non-hydrogen) atoms. The molecular formula is C10H10N. The van der Waals surface area contributed by atoms with Gasteiger partial charge in [-0.2, -0.15) is 0 Å². The van der Waals surface area contributed by atoms with Crippen molar-refractivity contribution in [2.24, 2.45) is 0 Å². The van der Waals surface area contributed by atoms with Crippen LogP contribution in [0.1, 0.15) is 11.3 Å². The molecule has 0 aliphatic heterocycles. The van der Waals surface area contributed by atoms with E-state index in [1.807, 2.05) is 0 Å². The molecule has 0 aliphatic rings. The van der Waals surface area contributed by atoms with Gasteiger partial charge in [-0.25, -0.2) is 0 Å². The first-order valence-corrected chi connectivity index (χ1v) is 3.74. The van der Waals surface area contributed by atoms with Crippen LogP contribution in [0.2, 0.25) is 0 Å². The summed E-state index contributed by atoms with van der Waals surface area (Å²) >= 11 is 0. The van der Waals surface area contributed by atoms with E-state index in [9.17, 15) is 0 Å². The molecule has 1 heterocycles. The minimum atomic E-state index is 1.17. The highest BCUT2D eigenvalue weighted by Gasteiger charge is 1.95. The zero-order valence-electron chi connectivity index (χ0n) is 6.73. The first-order valence-electron chi connectivity index (χ1n) is 3.74. The molecule has 1 aromatic carbocycles. The summed E-state index contributed by atoms with van der Waals surface area (Å²) in [4.78, 5) is 3.25. The molecule has 0 bridgehead atoms. The lowest BCUT2D eigenvalue weighted by molar-refractivity contribution is 1.30. The molecule has 0 saturated heterocycles. The highest BCUT2D eigenvalue weighted by Crippen LogP contribution is 2.15. The zero-order chi connectivity index (χ0) is 7.84. The molecule has 0 aliphatic carbocycles. The van der Waals surface area contributed by atoms with Gasteiger partial charge in [0.1, 0.15) is 0 Å². The Hall–Kier alpha value is -1.24. The summed E-state index contributed by atoms with van der Waals surface area (Å²) in [5.74, 6) is 0. The number of fused-ring (bicyclic) bond motifs is 1. The SMILES string of the molecule is Cc1[c]c2cc(C)[nH]c2cc1. The highest BCUT2D eigenvalue weighted by molar-refractivity contribution is 5.80. The first kappa shape index (κ1) is 6.47. The third kappa shape index (κ3) is 1.03. The lowest BCUT2D eigenvalue weighted by atomic mass is 10.2. The predicted octanol–water partition coefficient (Wildman–Crippen LogP) is 2.58. The van der Waals surface area contributed by atoms with Gasteiger partial charge >= 0.3 is 0 Å². The average Bonchev–Trinajstić information content (AvgIpc) is 2.27. The van der Waals surface area contributed by atoms with E-state index in [4.69, 9.17) is 0 Å². The fourth-order valence-corrected chi connectivity index (χ4v) is 1.31. The van der Waals surface area contributed by atoms with Crippen LogP contribution < -0.4 is 0 Å². The average molecular weight is 144 g/mol. The maximum atomic E-state index is 3.28. The quantitative estimate of drug-likeness (QED) is 0.585. The number of aromatic nitrogens is 1. The van der Waals surface area contributed by atoms with Crippen molar-refractivity contribution < 1.29 is 0 Å². The van der Waals surface area contributed by atoms with Crippen molar-refractivity contribution in [2.75, 3.05) is 0 Å². The second kappa shape index (κ2) is 2.12. The Morgan fingerprint density at radius 1 is 1.27 bits per heavy atom. The van der Waals surface area contributed by atoms with E-state index in [0.717, 1.165) is 0 Å². The third-order valence-electron chi connectivity index (χ3n) is 1.81. The monoisotopic (exact) mass is 144 g/mol. The van der Waals surface area contributed by atoms with Crippen molar-refractivity contribution in [3.05, 3.63) is 35.5 Å². The van der Waals surface area contributed by atoms with E-state index in [-0.39, 0.29) is 0 Å². The number of nitrogens with one attached hydrogen (secondary N) is 1. The van der Waals surface area contributed by atoms with E-state index < -0.39 is 0 Å². The van der Waals surface area contributed by atoms with Crippen LogP contribution in [0.25, 0.3) is 10.9 Å². The van der Waals surface area contributed by atoms with Gasteiger partial charge in [-0.3, -0.25) is 0 Å². The molecule has 0 amide bonds. The number of aromatic amines is 1. The minimum absolute atomic E-state index is 1.17. The van der Waals surface area contributed by atoms with Crippen LogP contribution in [0.3, 0.4) is 0 Å². The molecule has 1 aromatic heterocycles. The summed E-state index contributed by atoms with van der Waals surface area (Å²) in [5, 5.41) is 1.18. The largest absolute Gasteiger partial charge is 0.359 e. The molecular weight excluding hydrogens is 134 g/mol. The fraction of sp³-hybridized carbons (Fsp3) is 0.200. The van der Waals surface area contributed by atoms with E-state index in [1.165, 1.54) is 22.2 Å². The van der Waals surface area contributed by atoms with Crippen molar-refractivity contribution in [2.45, 2.75) is 13.8 Å². The number of rotatable bonds is 0. The van der Waals surface area contributed by atoms with E-state index in [1.54, 1.807) is 0 Å². The molecule has 1 heteroatoms. The Labute approximate surface area is 66.1 Å². The van der Waals surface area contributed by atoms with Crippen LogP contribution in [0.15, 0.2) is 18.2 Å². The van der Waals surface area contributed by atoms with Gasteiger partial charge in [0.2, 0.25) is 0 Å². The molecule has 1 nitrogen and oxygen atoms in total. The lowest BCUT2D eigenvalue weighted by Crippen LogP contribution is -1.71. The molecule has 0 spiro atoms. The van der Waals surface area contributed by atoms with Crippen LogP contribution in [-0.4, -0.2) is 4.98 Å². The maximum Gasteiger partial charge on any atom is 0.0462 e. The van der Waals surface area contributed by atoms with Crippen LogP contribution in [0, 0.1) is 19.9 Å². The Bertz CT molecular complexity index is 385. The second-order valence-electron chi connectivity index (χ2n) is 2.92. The molecule has 0 fully saturated rings. The number of aryl methyl sites for hydroxylation is 2. The topological polar surface area (TPSA) is 15.8 Å². The Balaban J connectivity index is 2.82.